The van der Waals surface area contributed by atoms with Crippen molar-refractivity contribution in [1.82, 2.24) is 14.7 Å². The maximum absolute atomic E-state index is 11.8. The Labute approximate surface area is 157 Å². The monoisotopic (exact) mass is 376 g/mol. The predicted molar refractivity (Wildman–Crippen MR) is 102 cm³/mol. The van der Waals surface area contributed by atoms with Crippen molar-refractivity contribution in [2.75, 3.05) is 24.6 Å². The van der Waals surface area contributed by atoms with Gasteiger partial charge in [-0.25, -0.2) is 4.79 Å². The summed E-state index contributed by atoms with van der Waals surface area (Å²) in [6.45, 7) is 6.05. The van der Waals surface area contributed by atoms with Gasteiger partial charge in [0.25, 0.3) is 0 Å². The Morgan fingerprint density at radius 1 is 1.38 bits per heavy atom. The Bertz CT molecular complexity index is 742. The second-order valence-electron chi connectivity index (χ2n) is 6.82. The van der Waals surface area contributed by atoms with Crippen molar-refractivity contribution >= 4 is 22.8 Å². The summed E-state index contributed by atoms with van der Waals surface area (Å²) in [5, 5.41) is 13.7. The van der Waals surface area contributed by atoms with Crippen LogP contribution in [-0.2, 0) is 4.74 Å². The zero-order valence-corrected chi connectivity index (χ0v) is 15.8. The molecule has 26 heavy (non-hydrogen) atoms. The molecule has 2 N–H and O–H groups in total. The Hall–Kier alpha value is -2.35. The van der Waals surface area contributed by atoms with Crippen LogP contribution in [0.25, 0.3) is 11.4 Å². The first-order valence-electron chi connectivity index (χ1n) is 8.83. The summed E-state index contributed by atoms with van der Waals surface area (Å²) in [6.07, 6.45) is 1.33. The average Bonchev–Trinajstić information content (AvgIpc) is 3.11. The van der Waals surface area contributed by atoms with Crippen molar-refractivity contribution in [2.24, 2.45) is 5.92 Å². The van der Waals surface area contributed by atoms with Crippen LogP contribution in [0.1, 0.15) is 26.7 Å². The van der Waals surface area contributed by atoms with Crippen LogP contribution in [0.2, 0.25) is 0 Å². The number of phenols is 1. The molecule has 1 aromatic carbocycles. The second kappa shape index (κ2) is 8.35. The minimum atomic E-state index is -0.338. The largest absolute Gasteiger partial charge is 0.507 e. The van der Waals surface area contributed by atoms with Crippen LogP contribution < -0.4 is 10.2 Å². The fourth-order valence-electron chi connectivity index (χ4n) is 2.78. The summed E-state index contributed by atoms with van der Waals surface area (Å²) in [5.41, 5.74) is 0.638. The molecule has 1 saturated heterocycles. The number of ether oxygens (including phenoxy) is 1. The van der Waals surface area contributed by atoms with Gasteiger partial charge in [-0.05, 0) is 30.9 Å². The van der Waals surface area contributed by atoms with Crippen molar-refractivity contribution in [2.45, 2.75) is 32.7 Å². The van der Waals surface area contributed by atoms with E-state index in [-0.39, 0.29) is 17.9 Å². The number of piperidine rings is 1. The molecule has 0 aliphatic carbocycles. The summed E-state index contributed by atoms with van der Waals surface area (Å²) in [5.74, 6) is 1.05. The lowest BCUT2D eigenvalue weighted by Crippen LogP contribution is -2.45. The minimum absolute atomic E-state index is 0.122. The molecule has 1 aliphatic heterocycles. The Morgan fingerprint density at radius 3 is 2.81 bits per heavy atom. The van der Waals surface area contributed by atoms with Gasteiger partial charge in [0.05, 0.1) is 12.2 Å². The van der Waals surface area contributed by atoms with Crippen molar-refractivity contribution in [3.63, 3.8) is 0 Å². The molecule has 2 aromatic rings. The average molecular weight is 376 g/mol. The SMILES string of the molecule is CC(C)COC(=O)NC1CCN(c2nc(-c3ccccc3O)ns2)CC1. The molecule has 1 aliphatic rings. The van der Waals surface area contributed by atoms with Gasteiger partial charge in [-0.3, -0.25) is 0 Å². The summed E-state index contributed by atoms with van der Waals surface area (Å²) >= 11 is 1.33. The molecule has 7 nitrogen and oxygen atoms in total. The van der Waals surface area contributed by atoms with Crippen LogP contribution in [0, 0.1) is 5.92 Å². The highest BCUT2D eigenvalue weighted by Crippen LogP contribution is 2.30. The van der Waals surface area contributed by atoms with Gasteiger partial charge in [0.2, 0.25) is 5.13 Å². The van der Waals surface area contributed by atoms with E-state index in [0.29, 0.717) is 23.9 Å². The lowest BCUT2D eigenvalue weighted by molar-refractivity contribution is 0.128. The highest BCUT2D eigenvalue weighted by Gasteiger charge is 2.24. The van der Waals surface area contributed by atoms with E-state index in [2.05, 4.69) is 19.6 Å². The van der Waals surface area contributed by atoms with Gasteiger partial charge in [0.15, 0.2) is 5.82 Å². The number of phenolic OH excluding ortho intramolecular Hbond substituents is 1. The van der Waals surface area contributed by atoms with E-state index in [4.69, 9.17) is 4.74 Å². The number of alkyl carbamates (subject to hydrolysis) is 1. The van der Waals surface area contributed by atoms with Crippen LogP contribution in [0.5, 0.6) is 5.75 Å². The van der Waals surface area contributed by atoms with Gasteiger partial charge in [-0.1, -0.05) is 26.0 Å². The van der Waals surface area contributed by atoms with Crippen LogP contribution in [0.15, 0.2) is 24.3 Å². The fraction of sp³-hybridized carbons (Fsp3) is 0.500. The molecule has 1 fully saturated rings. The molecule has 3 rings (SSSR count). The third-order valence-corrected chi connectivity index (χ3v) is 4.97. The molecule has 0 spiro atoms. The first-order chi connectivity index (χ1) is 12.5. The quantitative estimate of drug-likeness (QED) is 0.833. The zero-order valence-electron chi connectivity index (χ0n) is 15.0. The van der Waals surface area contributed by atoms with Gasteiger partial charge >= 0.3 is 6.09 Å². The molecular weight excluding hydrogens is 352 g/mol. The summed E-state index contributed by atoms with van der Waals surface area (Å²) < 4.78 is 9.54. The topological polar surface area (TPSA) is 87.6 Å². The maximum Gasteiger partial charge on any atom is 0.407 e. The second-order valence-corrected chi connectivity index (χ2v) is 7.55. The number of hydrogen-bond acceptors (Lipinski definition) is 7. The number of nitrogens with zero attached hydrogens (tertiary/aromatic N) is 3. The Kier molecular flexibility index (Phi) is 5.92. The highest BCUT2D eigenvalue weighted by molar-refractivity contribution is 7.09. The van der Waals surface area contributed by atoms with E-state index < -0.39 is 0 Å². The fourth-order valence-corrected chi connectivity index (χ4v) is 3.51. The zero-order chi connectivity index (χ0) is 18.5. The lowest BCUT2D eigenvalue weighted by atomic mass is 10.1. The minimum Gasteiger partial charge on any atom is -0.507 e. The van der Waals surface area contributed by atoms with E-state index in [9.17, 15) is 9.90 Å². The molecule has 2 heterocycles. The summed E-state index contributed by atoms with van der Waals surface area (Å²) in [7, 11) is 0. The van der Waals surface area contributed by atoms with Crippen molar-refractivity contribution < 1.29 is 14.6 Å². The van der Waals surface area contributed by atoms with Gasteiger partial charge in [0.1, 0.15) is 5.75 Å². The Balaban J connectivity index is 1.53. The highest BCUT2D eigenvalue weighted by atomic mass is 32.1. The lowest BCUT2D eigenvalue weighted by Gasteiger charge is -2.31. The van der Waals surface area contributed by atoms with E-state index >= 15 is 0 Å². The number of hydrogen-bond donors (Lipinski definition) is 2. The predicted octanol–water partition coefficient (Wildman–Crippen LogP) is 3.26. The number of anilines is 1. The molecular formula is C18H24N4O3S. The molecule has 0 atom stereocenters. The van der Waals surface area contributed by atoms with Gasteiger partial charge in [-0.2, -0.15) is 9.36 Å². The molecule has 8 heteroatoms. The number of benzene rings is 1. The Morgan fingerprint density at radius 2 is 2.12 bits per heavy atom. The first kappa shape index (κ1) is 18.4. The standard InChI is InChI=1S/C18H24N4O3S/c1-12(2)11-25-18(24)19-13-7-9-22(10-8-13)17-20-16(21-26-17)14-5-3-4-6-15(14)23/h3-6,12-13,23H,7-11H2,1-2H3,(H,19,24). The molecule has 0 saturated carbocycles. The molecule has 0 bridgehead atoms. The van der Waals surface area contributed by atoms with E-state index in [0.717, 1.165) is 31.1 Å². The van der Waals surface area contributed by atoms with Crippen LogP contribution in [-0.4, -0.2) is 46.3 Å². The summed E-state index contributed by atoms with van der Waals surface area (Å²) in [4.78, 5) is 18.5. The van der Waals surface area contributed by atoms with Crippen LogP contribution >= 0.6 is 11.5 Å². The number of aromatic nitrogens is 2. The molecule has 1 aromatic heterocycles. The van der Waals surface area contributed by atoms with Crippen LogP contribution in [0.3, 0.4) is 0 Å². The number of carbonyl (C=O) groups excluding carboxylic acids is 1. The first-order valence-corrected chi connectivity index (χ1v) is 9.60. The third-order valence-electron chi connectivity index (χ3n) is 4.20. The van der Waals surface area contributed by atoms with Crippen molar-refractivity contribution in [3.8, 4) is 17.1 Å². The van der Waals surface area contributed by atoms with Crippen LogP contribution in [0.4, 0.5) is 9.93 Å². The molecule has 1 amide bonds. The summed E-state index contributed by atoms with van der Waals surface area (Å²) in [6, 6.07) is 7.18. The number of amides is 1. The molecule has 0 unspecified atom stereocenters. The van der Waals surface area contributed by atoms with E-state index in [1.807, 2.05) is 19.9 Å². The number of rotatable bonds is 5. The number of nitrogens with one attached hydrogen (secondary N) is 1. The van der Waals surface area contributed by atoms with E-state index in [1.165, 1.54) is 11.5 Å². The van der Waals surface area contributed by atoms with Crippen molar-refractivity contribution in [1.29, 1.82) is 0 Å². The van der Waals surface area contributed by atoms with Gasteiger partial charge in [0, 0.05) is 30.7 Å². The number of carbonyl (C=O) groups is 1. The molecule has 0 radical (unpaired) electrons. The smallest absolute Gasteiger partial charge is 0.407 e. The number of aromatic hydroxyl groups is 1. The third kappa shape index (κ3) is 4.63. The van der Waals surface area contributed by atoms with Gasteiger partial charge < -0.3 is 20.1 Å². The van der Waals surface area contributed by atoms with E-state index in [1.54, 1.807) is 18.2 Å². The van der Waals surface area contributed by atoms with Gasteiger partial charge in [-0.15, -0.1) is 0 Å². The number of para-hydroxylation sites is 1. The normalized spacial score (nSPS) is 15.3. The van der Waals surface area contributed by atoms with Crippen molar-refractivity contribution in [3.05, 3.63) is 24.3 Å². The maximum atomic E-state index is 11.8. The molecule has 140 valence electrons.